The summed E-state index contributed by atoms with van der Waals surface area (Å²) in [6.07, 6.45) is 4.76. The standard InChI is InChI=1S/C18H23N3O2/c1-20-15-8-3-2-7-14(15)19-18(20)16-9-4-10-21(16)17(22)12-13-6-5-11-23-13/h2-3,7-8,13,16H,4-6,9-12H2,1H3/t13-,16-/m1/s1. The van der Waals surface area contributed by atoms with E-state index >= 15 is 0 Å². The van der Waals surface area contributed by atoms with Crippen LogP contribution in [0.2, 0.25) is 0 Å². The molecule has 2 saturated heterocycles. The number of imidazole rings is 1. The monoisotopic (exact) mass is 313 g/mol. The normalized spacial score (nSPS) is 24.7. The van der Waals surface area contributed by atoms with Crippen LogP contribution in [0.5, 0.6) is 0 Å². The number of hydrogen-bond acceptors (Lipinski definition) is 3. The minimum Gasteiger partial charge on any atom is -0.378 e. The zero-order valence-corrected chi connectivity index (χ0v) is 13.6. The van der Waals surface area contributed by atoms with Crippen LogP contribution in [-0.4, -0.2) is 39.6 Å². The maximum Gasteiger partial charge on any atom is 0.225 e. The van der Waals surface area contributed by atoms with E-state index < -0.39 is 0 Å². The van der Waals surface area contributed by atoms with Gasteiger partial charge < -0.3 is 14.2 Å². The Bertz CT molecular complexity index is 718. The van der Waals surface area contributed by atoms with Crippen molar-refractivity contribution in [3.63, 3.8) is 0 Å². The fourth-order valence-electron chi connectivity index (χ4n) is 3.91. The number of hydrogen-bond donors (Lipinski definition) is 0. The first-order valence-electron chi connectivity index (χ1n) is 8.56. The fraction of sp³-hybridized carbons (Fsp3) is 0.556. The Morgan fingerprint density at radius 3 is 2.96 bits per heavy atom. The van der Waals surface area contributed by atoms with Gasteiger partial charge in [-0.3, -0.25) is 4.79 Å². The number of aromatic nitrogens is 2. The number of rotatable bonds is 3. The summed E-state index contributed by atoms with van der Waals surface area (Å²) < 4.78 is 7.76. The van der Waals surface area contributed by atoms with E-state index in [9.17, 15) is 4.79 Å². The lowest BCUT2D eigenvalue weighted by molar-refractivity contribution is -0.134. The molecular formula is C18H23N3O2. The topological polar surface area (TPSA) is 47.4 Å². The molecule has 2 atom stereocenters. The number of ether oxygens (including phenoxy) is 1. The number of nitrogens with zero attached hydrogens (tertiary/aromatic N) is 3. The van der Waals surface area contributed by atoms with Crippen LogP contribution in [0.15, 0.2) is 24.3 Å². The van der Waals surface area contributed by atoms with Crippen LogP contribution in [0.4, 0.5) is 0 Å². The molecule has 0 radical (unpaired) electrons. The molecule has 0 aliphatic carbocycles. The first-order valence-corrected chi connectivity index (χ1v) is 8.56. The molecular weight excluding hydrogens is 290 g/mol. The Morgan fingerprint density at radius 2 is 2.17 bits per heavy atom. The molecule has 2 aliphatic heterocycles. The first-order chi connectivity index (χ1) is 11.2. The molecule has 2 aromatic rings. The van der Waals surface area contributed by atoms with E-state index in [1.807, 2.05) is 30.1 Å². The summed E-state index contributed by atoms with van der Waals surface area (Å²) in [5.74, 6) is 1.22. The van der Waals surface area contributed by atoms with Crippen LogP contribution in [0.25, 0.3) is 11.0 Å². The Morgan fingerprint density at radius 1 is 1.30 bits per heavy atom. The second kappa shape index (κ2) is 5.96. The largest absolute Gasteiger partial charge is 0.378 e. The molecule has 5 nitrogen and oxygen atoms in total. The molecule has 0 spiro atoms. The van der Waals surface area contributed by atoms with Crippen molar-refractivity contribution in [3.8, 4) is 0 Å². The summed E-state index contributed by atoms with van der Waals surface area (Å²) in [6, 6.07) is 8.25. The van der Waals surface area contributed by atoms with Crippen molar-refractivity contribution in [1.82, 2.24) is 14.5 Å². The maximum atomic E-state index is 12.7. The molecule has 23 heavy (non-hydrogen) atoms. The number of benzene rings is 1. The van der Waals surface area contributed by atoms with Gasteiger partial charge in [0, 0.05) is 20.2 Å². The van der Waals surface area contributed by atoms with Gasteiger partial charge in [-0.2, -0.15) is 0 Å². The number of para-hydroxylation sites is 2. The molecule has 2 fully saturated rings. The summed E-state index contributed by atoms with van der Waals surface area (Å²) in [6.45, 7) is 1.63. The van der Waals surface area contributed by atoms with Gasteiger partial charge >= 0.3 is 0 Å². The van der Waals surface area contributed by atoms with Crippen molar-refractivity contribution < 1.29 is 9.53 Å². The SMILES string of the molecule is Cn1c([C@H]2CCCN2C(=O)C[C@H]2CCCO2)nc2ccccc21. The molecule has 1 amide bonds. The van der Waals surface area contributed by atoms with Gasteiger partial charge in [-0.25, -0.2) is 4.98 Å². The molecule has 1 aromatic carbocycles. The Kier molecular flexibility index (Phi) is 3.81. The van der Waals surface area contributed by atoms with Gasteiger partial charge in [0.05, 0.1) is 29.6 Å². The van der Waals surface area contributed by atoms with Crippen molar-refractivity contribution >= 4 is 16.9 Å². The van der Waals surface area contributed by atoms with E-state index in [1.54, 1.807) is 0 Å². The average molecular weight is 313 g/mol. The van der Waals surface area contributed by atoms with Crippen molar-refractivity contribution in [2.24, 2.45) is 7.05 Å². The maximum absolute atomic E-state index is 12.7. The predicted molar refractivity (Wildman–Crippen MR) is 88.0 cm³/mol. The first kappa shape index (κ1) is 14.7. The van der Waals surface area contributed by atoms with E-state index in [0.29, 0.717) is 6.42 Å². The van der Waals surface area contributed by atoms with Gasteiger partial charge in [-0.05, 0) is 37.8 Å². The number of likely N-dealkylation sites (tertiary alicyclic amines) is 1. The summed E-state index contributed by atoms with van der Waals surface area (Å²) in [5.41, 5.74) is 2.13. The van der Waals surface area contributed by atoms with Crippen molar-refractivity contribution in [2.45, 2.75) is 44.2 Å². The number of aryl methyl sites for hydroxylation is 1. The molecule has 0 N–H and O–H groups in total. The van der Waals surface area contributed by atoms with Gasteiger partial charge in [0.25, 0.3) is 0 Å². The second-order valence-electron chi connectivity index (χ2n) is 6.60. The number of fused-ring (bicyclic) bond motifs is 1. The van der Waals surface area contributed by atoms with E-state index in [4.69, 9.17) is 9.72 Å². The van der Waals surface area contributed by atoms with E-state index in [-0.39, 0.29) is 18.1 Å². The summed E-state index contributed by atoms with van der Waals surface area (Å²) >= 11 is 0. The van der Waals surface area contributed by atoms with Gasteiger partial charge in [0.1, 0.15) is 5.82 Å². The molecule has 0 saturated carbocycles. The number of carbonyl (C=O) groups is 1. The summed E-state index contributed by atoms with van der Waals surface area (Å²) in [4.78, 5) is 19.5. The van der Waals surface area contributed by atoms with Crippen molar-refractivity contribution in [3.05, 3.63) is 30.1 Å². The Labute approximate surface area is 136 Å². The molecule has 3 heterocycles. The minimum absolute atomic E-state index is 0.0984. The summed E-state index contributed by atoms with van der Waals surface area (Å²) in [5, 5.41) is 0. The Balaban J connectivity index is 1.58. The van der Waals surface area contributed by atoms with Crippen LogP contribution < -0.4 is 0 Å². The van der Waals surface area contributed by atoms with Gasteiger partial charge in [-0.15, -0.1) is 0 Å². The Hall–Kier alpha value is -1.88. The van der Waals surface area contributed by atoms with Crippen LogP contribution in [-0.2, 0) is 16.6 Å². The highest BCUT2D eigenvalue weighted by molar-refractivity contribution is 5.78. The summed E-state index contributed by atoms with van der Waals surface area (Å²) in [7, 11) is 2.05. The third kappa shape index (κ3) is 2.63. The highest BCUT2D eigenvalue weighted by Gasteiger charge is 2.34. The van der Waals surface area contributed by atoms with Crippen LogP contribution >= 0.6 is 0 Å². The zero-order chi connectivity index (χ0) is 15.8. The van der Waals surface area contributed by atoms with Crippen LogP contribution in [0, 0.1) is 0 Å². The van der Waals surface area contributed by atoms with E-state index in [1.165, 1.54) is 0 Å². The molecule has 0 bridgehead atoms. The minimum atomic E-state index is 0.0984. The van der Waals surface area contributed by atoms with Crippen molar-refractivity contribution in [1.29, 1.82) is 0 Å². The average Bonchev–Trinajstić information content (AvgIpc) is 3.27. The molecule has 4 rings (SSSR count). The smallest absolute Gasteiger partial charge is 0.225 e. The molecule has 5 heteroatoms. The second-order valence-corrected chi connectivity index (χ2v) is 6.60. The van der Waals surface area contributed by atoms with Crippen molar-refractivity contribution in [2.75, 3.05) is 13.2 Å². The quantitative estimate of drug-likeness (QED) is 0.875. The van der Waals surface area contributed by atoms with Gasteiger partial charge in [-0.1, -0.05) is 12.1 Å². The molecule has 0 unspecified atom stereocenters. The van der Waals surface area contributed by atoms with Gasteiger partial charge in [0.2, 0.25) is 5.91 Å². The van der Waals surface area contributed by atoms with Crippen LogP contribution in [0.3, 0.4) is 0 Å². The molecule has 1 aromatic heterocycles. The lowest BCUT2D eigenvalue weighted by atomic mass is 10.1. The lowest BCUT2D eigenvalue weighted by Crippen LogP contribution is -2.34. The predicted octanol–water partition coefficient (Wildman–Crippen LogP) is 2.81. The third-order valence-electron chi connectivity index (χ3n) is 5.12. The zero-order valence-electron chi connectivity index (χ0n) is 13.6. The number of carbonyl (C=O) groups excluding carboxylic acids is 1. The highest BCUT2D eigenvalue weighted by atomic mass is 16.5. The number of amides is 1. The molecule has 2 aliphatic rings. The van der Waals surface area contributed by atoms with Crippen LogP contribution in [0.1, 0.15) is 44.0 Å². The van der Waals surface area contributed by atoms with E-state index in [0.717, 1.165) is 55.7 Å². The highest BCUT2D eigenvalue weighted by Crippen LogP contribution is 2.34. The lowest BCUT2D eigenvalue weighted by Gasteiger charge is -2.25. The third-order valence-corrected chi connectivity index (χ3v) is 5.12. The fourth-order valence-corrected chi connectivity index (χ4v) is 3.91. The van der Waals surface area contributed by atoms with E-state index in [2.05, 4.69) is 10.6 Å². The van der Waals surface area contributed by atoms with Gasteiger partial charge in [0.15, 0.2) is 0 Å². The molecule has 122 valence electrons.